The van der Waals surface area contributed by atoms with Crippen molar-refractivity contribution in [2.75, 3.05) is 0 Å². The summed E-state index contributed by atoms with van der Waals surface area (Å²) in [6.07, 6.45) is 13.3. The lowest BCUT2D eigenvalue weighted by Gasteiger charge is -1.98. The quantitative estimate of drug-likeness (QED) is 0.161. The second-order valence-electron chi connectivity index (χ2n) is 12.0. The van der Waals surface area contributed by atoms with Crippen molar-refractivity contribution in [3.05, 3.63) is 166 Å². The number of benzene rings is 6. The summed E-state index contributed by atoms with van der Waals surface area (Å²) in [6.45, 7) is 4.24. The van der Waals surface area contributed by atoms with E-state index in [1.54, 1.807) is 0 Å². The van der Waals surface area contributed by atoms with E-state index in [-0.39, 0.29) is 0 Å². The SMILES string of the molecule is Cc1ccc(C=Cc2ccc3c(c2)sc2cc(C=Cc4ccc5c(c4)sc4cc(C=Cc6ccc(C)cc6)ccc45)ccc23)cc1. The average Bonchev–Trinajstić information content (AvgIpc) is 3.63. The van der Waals surface area contributed by atoms with Crippen molar-refractivity contribution in [2.45, 2.75) is 13.8 Å². The van der Waals surface area contributed by atoms with Crippen molar-refractivity contribution in [1.29, 1.82) is 0 Å². The van der Waals surface area contributed by atoms with Crippen LogP contribution in [0.25, 0.3) is 76.8 Å². The zero-order chi connectivity index (χ0) is 31.0. The summed E-state index contributed by atoms with van der Waals surface area (Å²) in [4.78, 5) is 0. The summed E-state index contributed by atoms with van der Waals surface area (Å²) in [5.41, 5.74) is 9.92. The monoisotopic (exact) mass is 624 g/mol. The maximum Gasteiger partial charge on any atom is 0.0361 e. The maximum atomic E-state index is 2.32. The smallest absolute Gasteiger partial charge is 0.0361 e. The first-order valence-electron chi connectivity index (χ1n) is 15.6. The highest BCUT2D eigenvalue weighted by Gasteiger charge is 2.08. The van der Waals surface area contributed by atoms with Crippen molar-refractivity contribution in [3.63, 3.8) is 0 Å². The van der Waals surface area contributed by atoms with E-state index in [9.17, 15) is 0 Å². The van der Waals surface area contributed by atoms with Gasteiger partial charge in [-0.3, -0.25) is 0 Å². The van der Waals surface area contributed by atoms with Gasteiger partial charge in [0.1, 0.15) is 0 Å². The lowest BCUT2D eigenvalue weighted by molar-refractivity contribution is 1.46. The Kier molecular flexibility index (Phi) is 7.46. The molecule has 0 saturated carbocycles. The van der Waals surface area contributed by atoms with Gasteiger partial charge in [0.2, 0.25) is 0 Å². The van der Waals surface area contributed by atoms with Crippen LogP contribution in [-0.2, 0) is 0 Å². The fourth-order valence-electron chi connectivity index (χ4n) is 5.97. The van der Waals surface area contributed by atoms with E-state index in [1.165, 1.54) is 84.9 Å². The molecule has 0 nitrogen and oxygen atoms in total. The zero-order valence-corrected chi connectivity index (χ0v) is 27.5. The third-order valence-corrected chi connectivity index (χ3v) is 10.8. The molecule has 0 aliphatic rings. The molecular formula is C44H32S2. The van der Waals surface area contributed by atoms with Gasteiger partial charge in [-0.1, -0.05) is 145 Å². The number of thiophene rings is 2. The predicted molar refractivity (Wildman–Crippen MR) is 208 cm³/mol. The summed E-state index contributed by atoms with van der Waals surface area (Å²) in [7, 11) is 0. The van der Waals surface area contributed by atoms with Crippen LogP contribution in [0.3, 0.4) is 0 Å². The first-order valence-corrected chi connectivity index (χ1v) is 17.3. The van der Waals surface area contributed by atoms with Crippen molar-refractivity contribution in [1.82, 2.24) is 0 Å². The number of fused-ring (bicyclic) bond motifs is 6. The van der Waals surface area contributed by atoms with E-state index in [0.717, 1.165) is 0 Å². The molecule has 0 atom stereocenters. The van der Waals surface area contributed by atoms with E-state index in [4.69, 9.17) is 0 Å². The summed E-state index contributed by atoms with van der Waals surface area (Å²) >= 11 is 3.74. The molecule has 0 aliphatic carbocycles. The van der Waals surface area contributed by atoms with Gasteiger partial charge < -0.3 is 0 Å². The molecular weight excluding hydrogens is 593 g/mol. The molecule has 2 aromatic heterocycles. The van der Waals surface area contributed by atoms with Crippen LogP contribution in [-0.4, -0.2) is 0 Å². The summed E-state index contributed by atoms with van der Waals surface area (Å²) < 4.78 is 5.30. The third kappa shape index (κ3) is 5.86. The Morgan fingerprint density at radius 2 is 0.543 bits per heavy atom. The minimum Gasteiger partial charge on any atom is -0.135 e. The molecule has 0 aliphatic heterocycles. The minimum absolute atomic E-state index is 1.22. The van der Waals surface area contributed by atoms with Gasteiger partial charge in [-0.25, -0.2) is 0 Å². The van der Waals surface area contributed by atoms with Gasteiger partial charge in [-0.05, 0) is 71.5 Å². The Bertz CT molecular complexity index is 2290. The Hall–Kier alpha value is -5.02. The number of hydrogen-bond donors (Lipinski definition) is 0. The molecule has 2 heteroatoms. The van der Waals surface area contributed by atoms with Gasteiger partial charge >= 0.3 is 0 Å². The molecule has 0 N–H and O–H groups in total. The Labute approximate surface area is 277 Å². The summed E-state index contributed by atoms with van der Waals surface area (Å²) in [6, 6.07) is 44.6. The van der Waals surface area contributed by atoms with Crippen LogP contribution >= 0.6 is 22.7 Å². The van der Waals surface area contributed by atoms with Crippen molar-refractivity contribution in [3.8, 4) is 0 Å². The molecule has 0 saturated heterocycles. The number of aryl methyl sites for hydroxylation is 2. The molecule has 220 valence electrons. The van der Waals surface area contributed by atoms with Crippen LogP contribution < -0.4 is 0 Å². The lowest BCUT2D eigenvalue weighted by atomic mass is 10.1. The van der Waals surface area contributed by atoms with Crippen molar-refractivity contribution < 1.29 is 0 Å². The van der Waals surface area contributed by atoms with Gasteiger partial charge in [-0.15, -0.1) is 22.7 Å². The van der Waals surface area contributed by atoms with E-state index in [2.05, 4.69) is 172 Å². The largest absolute Gasteiger partial charge is 0.135 e. The van der Waals surface area contributed by atoms with Crippen molar-refractivity contribution in [2.24, 2.45) is 0 Å². The summed E-state index contributed by atoms with van der Waals surface area (Å²) in [5.74, 6) is 0. The molecule has 0 radical (unpaired) electrons. The molecule has 8 aromatic rings. The average molecular weight is 625 g/mol. The topological polar surface area (TPSA) is 0 Å². The zero-order valence-electron chi connectivity index (χ0n) is 25.8. The Balaban J connectivity index is 1.02. The maximum absolute atomic E-state index is 2.32. The first-order chi connectivity index (χ1) is 22.5. The lowest BCUT2D eigenvalue weighted by Crippen LogP contribution is -1.75. The van der Waals surface area contributed by atoms with Crippen LogP contribution in [0.2, 0.25) is 0 Å². The molecule has 0 unspecified atom stereocenters. The van der Waals surface area contributed by atoms with Gasteiger partial charge in [0, 0.05) is 40.3 Å². The first kappa shape index (κ1) is 28.5. The molecule has 46 heavy (non-hydrogen) atoms. The standard InChI is InChI=1S/C44H32S2/c1-29-3-7-31(8-4-29)11-13-33-17-21-37-39-23-19-35(27-43(39)45-41(37)25-33)15-16-36-20-24-40-38-22-18-34(26-42(38)46-44(40)28-36)14-12-32-9-5-30(2)6-10-32/h3-28H,1-2H3. The van der Waals surface area contributed by atoms with Crippen molar-refractivity contribution >= 4 is 99.5 Å². The molecule has 0 amide bonds. The normalized spacial score (nSPS) is 12.3. The van der Waals surface area contributed by atoms with Gasteiger partial charge in [0.05, 0.1) is 0 Å². The van der Waals surface area contributed by atoms with Crippen LogP contribution in [0.4, 0.5) is 0 Å². The van der Waals surface area contributed by atoms with E-state index in [1.807, 2.05) is 22.7 Å². The minimum atomic E-state index is 1.22. The highest BCUT2D eigenvalue weighted by Crippen LogP contribution is 2.37. The molecule has 0 spiro atoms. The second-order valence-corrected chi connectivity index (χ2v) is 14.2. The highest BCUT2D eigenvalue weighted by molar-refractivity contribution is 7.26. The van der Waals surface area contributed by atoms with E-state index in [0.29, 0.717) is 0 Å². The number of hydrogen-bond acceptors (Lipinski definition) is 2. The van der Waals surface area contributed by atoms with Gasteiger partial charge in [-0.2, -0.15) is 0 Å². The van der Waals surface area contributed by atoms with Crippen LogP contribution in [0, 0.1) is 13.8 Å². The molecule has 2 heterocycles. The predicted octanol–water partition coefficient (Wildman–Crippen LogP) is 13.6. The Morgan fingerprint density at radius 1 is 0.304 bits per heavy atom. The molecule has 0 bridgehead atoms. The molecule has 6 aromatic carbocycles. The fourth-order valence-corrected chi connectivity index (χ4v) is 8.37. The Morgan fingerprint density at radius 3 is 0.826 bits per heavy atom. The van der Waals surface area contributed by atoms with E-state index < -0.39 is 0 Å². The van der Waals surface area contributed by atoms with Gasteiger partial charge in [0.25, 0.3) is 0 Å². The van der Waals surface area contributed by atoms with Crippen LogP contribution in [0.5, 0.6) is 0 Å². The molecule has 8 rings (SSSR count). The van der Waals surface area contributed by atoms with Crippen LogP contribution in [0.1, 0.15) is 44.5 Å². The third-order valence-electron chi connectivity index (χ3n) is 8.60. The highest BCUT2D eigenvalue weighted by atomic mass is 32.1. The van der Waals surface area contributed by atoms with Gasteiger partial charge in [0.15, 0.2) is 0 Å². The second kappa shape index (κ2) is 12.1. The fraction of sp³-hybridized carbons (Fsp3) is 0.0455. The van der Waals surface area contributed by atoms with E-state index >= 15 is 0 Å². The number of rotatable bonds is 6. The summed E-state index contributed by atoms with van der Waals surface area (Å²) in [5, 5.41) is 5.30. The van der Waals surface area contributed by atoms with Crippen LogP contribution in [0.15, 0.2) is 121 Å². The molecule has 0 fully saturated rings.